The molecule has 0 aliphatic heterocycles. The highest BCUT2D eigenvalue weighted by atomic mass is 16.5. The van der Waals surface area contributed by atoms with Crippen LogP contribution in [0.2, 0.25) is 0 Å². The number of hydrogen-bond acceptors (Lipinski definition) is 2. The van der Waals surface area contributed by atoms with E-state index < -0.39 is 0 Å². The third kappa shape index (κ3) is 1.80. The number of carbonyl (C=O) groups excluding carboxylic acids is 1. The molecule has 1 aliphatic carbocycles. The normalized spacial score (nSPS) is 25.2. The molecule has 68 valence electrons. The van der Waals surface area contributed by atoms with Gasteiger partial charge in [-0.3, -0.25) is 4.79 Å². The lowest BCUT2D eigenvalue weighted by Crippen LogP contribution is -2.17. The molecule has 1 fully saturated rings. The summed E-state index contributed by atoms with van der Waals surface area (Å²) in [6.45, 7) is 0. The summed E-state index contributed by atoms with van der Waals surface area (Å²) in [6, 6.07) is 9.46. The van der Waals surface area contributed by atoms with Crippen LogP contribution in [0, 0.1) is 5.92 Å². The van der Waals surface area contributed by atoms with Crippen molar-refractivity contribution in [3.05, 3.63) is 30.3 Å². The van der Waals surface area contributed by atoms with Crippen LogP contribution in [0.5, 0.6) is 5.75 Å². The topological polar surface area (TPSA) is 52.3 Å². The third-order valence-electron chi connectivity index (χ3n) is 2.13. The summed E-state index contributed by atoms with van der Waals surface area (Å²) in [5.74, 6) is 0.456. The lowest BCUT2D eigenvalue weighted by molar-refractivity contribution is -0.119. The SMILES string of the molecule is NC(=O)C1CC1Oc1ccccc1. The molecule has 2 N–H and O–H groups in total. The minimum absolute atomic E-state index is 0.0000926. The molecule has 1 saturated carbocycles. The Balaban J connectivity index is 1.92. The highest BCUT2D eigenvalue weighted by Gasteiger charge is 2.44. The Labute approximate surface area is 76.5 Å². The predicted molar refractivity (Wildman–Crippen MR) is 48.2 cm³/mol. The molecular weight excluding hydrogens is 166 g/mol. The summed E-state index contributed by atoms with van der Waals surface area (Å²) in [6.07, 6.45) is 0.754. The fourth-order valence-corrected chi connectivity index (χ4v) is 1.28. The lowest BCUT2D eigenvalue weighted by Gasteiger charge is -2.03. The molecule has 1 aromatic rings. The van der Waals surface area contributed by atoms with E-state index in [9.17, 15) is 4.79 Å². The van der Waals surface area contributed by atoms with Gasteiger partial charge in [0.25, 0.3) is 0 Å². The Bertz CT molecular complexity index is 310. The van der Waals surface area contributed by atoms with Gasteiger partial charge in [-0.2, -0.15) is 0 Å². The Hall–Kier alpha value is -1.51. The smallest absolute Gasteiger partial charge is 0.224 e. The summed E-state index contributed by atoms with van der Waals surface area (Å²) in [4.78, 5) is 10.7. The van der Waals surface area contributed by atoms with Crippen molar-refractivity contribution in [2.45, 2.75) is 12.5 Å². The van der Waals surface area contributed by atoms with Crippen LogP contribution in [0.3, 0.4) is 0 Å². The zero-order valence-corrected chi connectivity index (χ0v) is 7.14. The van der Waals surface area contributed by atoms with E-state index in [1.807, 2.05) is 30.3 Å². The summed E-state index contributed by atoms with van der Waals surface area (Å²) in [5, 5.41) is 0. The van der Waals surface area contributed by atoms with Crippen molar-refractivity contribution in [3.63, 3.8) is 0 Å². The van der Waals surface area contributed by atoms with Gasteiger partial charge in [-0.15, -0.1) is 0 Å². The second kappa shape index (κ2) is 3.09. The van der Waals surface area contributed by atoms with Gasteiger partial charge in [0.15, 0.2) is 0 Å². The minimum Gasteiger partial charge on any atom is -0.490 e. The summed E-state index contributed by atoms with van der Waals surface area (Å²) < 4.78 is 5.50. The van der Waals surface area contributed by atoms with Crippen LogP contribution in [0.25, 0.3) is 0 Å². The number of rotatable bonds is 3. The summed E-state index contributed by atoms with van der Waals surface area (Å²) in [7, 11) is 0. The maximum Gasteiger partial charge on any atom is 0.224 e. The fraction of sp³-hybridized carbons (Fsp3) is 0.300. The Morgan fingerprint density at radius 3 is 2.62 bits per heavy atom. The first-order valence-corrected chi connectivity index (χ1v) is 4.28. The highest BCUT2D eigenvalue weighted by Crippen LogP contribution is 2.34. The van der Waals surface area contributed by atoms with Gasteiger partial charge in [0.1, 0.15) is 11.9 Å². The predicted octanol–water partition coefficient (Wildman–Crippen LogP) is 0.939. The first kappa shape index (κ1) is 8.10. The van der Waals surface area contributed by atoms with Crippen LogP contribution < -0.4 is 10.5 Å². The van der Waals surface area contributed by atoms with Crippen LogP contribution in [0.1, 0.15) is 6.42 Å². The van der Waals surface area contributed by atoms with Crippen LogP contribution in [-0.2, 0) is 4.79 Å². The van der Waals surface area contributed by atoms with Gasteiger partial charge >= 0.3 is 0 Å². The third-order valence-corrected chi connectivity index (χ3v) is 2.13. The number of ether oxygens (including phenoxy) is 1. The molecule has 13 heavy (non-hydrogen) atoms. The molecule has 0 radical (unpaired) electrons. The Morgan fingerprint density at radius 2 is 2.08 bits per heavy atom. The number of primary amides is 1. The molecule has 3 heteroatoms. The largest absolute Gasteiger partial charge is 0.490 e. The maximum atomic E-state index is 10.7. The van der Waals surface area contributed by atoms with Gasteiger partial charge in [-0.05, 0) is 12.1 Å². The average molecular weight is 177 g/mol. The molecule has 1 aromatic carbocycles. The Kier molecular flexibility index (Phi) is 1.93. The molecule has 1 aliphatic rings. The minimum atomic E-state index is -0.263. The average Bonchev–Trinajstić information content (AvgIpc) is 2.86. The van der Waals surface area contributed by atoms with E-state index in [2.05, 4.69) is 0 Å². The molecule has 0 bridgehead atoms. The van der Waals surface area contributed by atoms with Gasteiger partial charge < -0.3 is 10.5 Å². The van der Waals surface area contributed by atoms with Crippen LogP contribution in [-0.4, -0.2) is 12.0 Å². The summed E-state index contributed by atoms with van der Waals surface area (Å²) in [5.41, 5.74) is 5.12. The van der Waals surface area contributed by atoms with Crippen molar-refractivity contribution < 1.29 is 9.53 Å². The van der Waals surface area contributed by atoms with Crippen LogP contribution in [0.4, 0.5) is 0 Å². The van der Waals surface area contributed by atoms with Crippen molar-refractivity contribution in [1.82, 2.24) is 0 Å². The van der Waals surface area contributed by atoms with Crippen molar-refractivity contribution >= 4 is 5.91 Å². The maximum absolute atomic E-state index is 10.7. The number of hydrogen-bond donors (Lipinski definition) is 1. The van der Waals surface area contributed by atoms with Crippen molar-refractivity contribution in [1.29, 1.82) is 0 Å². The molecule has 0 saturated heterocycles. The molecule has 0 spiro atoms. The zero-order chi connectivity index (χ0) is 9.26. The molecular formula is C10H11NO2. The second-order valence-electron chi connectivity index (χ2n) is 3.21. The molecule has 1 amide bonds. The second-order valence-corrected chi connectivity index (χ2v) is 3.21. The molecule has 0 heterocycles. The Morgan fingerprint density at radius 1 is 1.38 bits per heavy atom. The zero-order valence-electron chi connectivity index (χ0n) is 7.14. The van der Waals surface area contributed by atoms with E-state index >= 15 is 0 Å². The van der Waals surface area contributed by atoms with Crippen molar-refractivity contribution in [3.8, 4) is 5.75 Å². The number of nitrogens with two attached hydrogens (primary N) is 1. The monoisotopic (exact) mass is 177 g/mol. The van der Waals surface area contributed by atoms with E-state index in [-0.39, 0.29) is 17.9 Å². The molecule has 0 aromatic heterocycles. The molecule has 2 rings (SSSR count). The van der Waals surface area contributed by atoms with Crippen LogP contribution in [0.15, 0.2) is 30.3 Å². The lowest BCUT2D eigenvalue weighted by atomic mass is 10.3. The van der Waals surface area contributed by atoms with Gasteiger partial charge in [0, 0.05) is 6.42 Å². The number of amides is 1. The van der Waals surface area contributed by atoms with E-state index in [1.54, 1.807) is 0 Å². The number of benzene rings is 1. The quantitative estimate of drug-likeness (QED) is 0.747. The van der Waals surface area contributed by atoms with E-state index in [0.29, 0.717) is 0 Å². The summed E-state index contributed by atoms with van der Waals surface area (Å²) >= 11 is 0. The standard InChI is InChI=1S/C10H11NO2/c11-10(12)8-6-9(8)13-7-4-2-1-3-5-7/h1-5,8-9H,6H2,(H2,11,12). The van der Waals surface area contributed by atoms with Crippen molar-refractivity contribution in [2.24, 2.45) is 11.7 Å². The number of carbonyl (C=O) groups is 1. The van der Waals surface area contributed by atoms with E-state index in [0.717, 1.165) is 12.2 Å². The van der Waals surface area contributed by atoms with Crippen molar-refractivity contribution in [2.75, 3.05) is 0 Å². The molecule has 2 atom stereocenters. The molecule has 2 unspecified atom stereocenters. The van der Waals surface area contributed by atoms with Gasteiger partial charge in [0.05, 0.1) is 5.92 Å². The van der Waals surface area contributed by atoms with Gasteiger partial charge in [0.2, 0.25) is 5.91 Å². The first-order chi connectivity index (χ1) is 6.27. The molecule has 3 nitrogen and oxygen atoms in total. The fourth-order valence-electron chi connectivity index (χ4n) is 1.28. The van der Waals surface area contributed by atoms with E-state index in [1.165, 1.54) is 0 Å². The van der Waals surface area contributed by atoms with E-state index in [4.69, 9.17) is 10.5 Å². The number of para-hydroxylation sites is 1. The first-order valence-electron chi connectivity index (χ1n) is 4.28. The van der Waals surface area contributed by atoms with Crippen LogP contribution >= 0.6 is 0 Å². The highest BCUT2D eigenvalue weighted by molar-refractivity contribution is 5.80. The van der Waals surface area contributed by atoms with Gasteiger partial charge in [-0.1, -0.05) is 18.2 Å². The van der Waals surface area contributed by atoms with Gasteiger partial charge in [-0.25, -0.2) is 0 Å².